The summed E-state index contributed by atoms with van der Waals surface area (Å²) in [5.41, 5.74) is 0. The molecule has 0 saturated carbocycles. The molecule has 1 saturated heterocycles. The molecule has 1 aromatic heterocycles. The monoisotopic (exact) mass is 285 g/mol. The second-order valence-corrected chi connectivity index (χ2v) is 6.64. The maximum absolute atomic E-state index is 12.4. The van der Waals surface area contributed by atoms with Gasteiger partial charge in [0, 0.05) is 31.8 Å². The summed E-state index contributed by atoms with van der Waals surface area (Å²) in [4.78, 5) is 18.5. The second kappa shape index (κ2) is 5.42. The number of carbonyl (C=O) groups is 1. The van der Waals surface area contributed by atoms with Gasteiger partial charge in [-0.1, -0.05) is 13.8 Å². The zero-order valence-electron chi connectivity index (χ0n) is 11.2. The number of piperidine rings is 1. The van der Waals surface area contributed by atoms with Gasteiger partial charge in [0.05, 0.1) is 6.20 Å². The number of hydrogen-bond donors (Lipinski definition) is 1. The van der Waals surface area contributed by atoms with E-state index in [1.54, 1.807) is 0 Å². The van der Waals surface area contributed by atoms with Crippen molar-refractivity contribution in [3.63, 3.8) is 0 Å². The fourth-order valence-electron chi connectivity index (χ4n) is 2.25. The highest BCUT2D eigenvalue weighted by molar-refractivity contribution is 7.89. The Balaban J connectivity index is 2.22. The van der Waals surface area contributed by atoms with Gasteiger partial charge in [0.1, 0.15) is 11.6 Å². The van der Waals surface area contributed by atoms with E-state index in [0.717, 1.165) is 0 Å². The van der Waals surface area contributed by atoms with Gasteiger partial charge < -0.3 is 4.98 Å². The number of H-pyrrole nitrogens is 1. The summed E-state index contributed by atoms with van der Waals surface area (Å²) in [6.07, 6.45) is 2.98. The van der Waals surface area contributed by atoms with E-state index in [0.29, 0.717) is 25.1 Å². The van der Waals surface area contributed by atoms with Gasteiger partial charge in [-0.2, -0.15) is 4.31 Å². The maximum Gasteiger partial charge on any atom is 0.260 e. The predicted octanol–water partition coefficient (Wildman–Crippen LogP) is 0.962. The van der Waals surface area contributed by atoms with E-state index in [-0.39, 0.29) is 29.8 Å². The molecule has 1 unspecified atom stereocenters. The molecule has 6 nitrogen and oxygen atoms in total. The number of aromatic nitrogens is 2. The first-order chi connectivity index (χ1) is 8.98. The van der Waals surface area contributed by atoms with E-state index in [4.69, 9.17) is 0 Å². The van der Waals surface area contributed by atoms with Gasteiger partial charge in [0.15, 0.2) is 5.03 Å². The molecule has 19 heavy (non-hydrogen) atoms. The number of rotatable bonds is 4. The standard InChI is InChI=1S/C12H19N3O3S/c1-3-9-8-15(6-5-10(9)16)19(17,18)12-7-13-11(4-2)14-12/h7,9H,3-6,8H2,1-2H3,(H,13,14). The van der Waals surface area contributed by atoms with Gasteiger partial charge in [0.25, 0.3) is 10.0 Å². The maximum atomic E-state index is 12.4. The first kappa shape index (κ1) is 14.2. The van der Waals surface area contributed by atoms with Crippen molar-refractivity contribution in [1.29, 1.82) is 0 Å². The highest BCUT2D eigenvalue weighted by Crippen LogP contribution is 2.22. The van der Waals surface area contributed by atoms with Crippen LogP contribution in [0.2, 0.25) is 0 Å². The minimum absolute atomic E-state index is 0.119. The summed E-state index contributed by atoms with van der Waals surface area (Å²) in [6, 6.07) is 0. The minimum atomic E-state index is -3.55. The SMILES string of the molecule is CCc1ncc(S(=O)(=O)N2CCC(=O)C(CC)C2)[nH]1. The van der Waals surface area contributed by atoms with Crippen LogP contribution in [-0.2, 0) is 21.2 Å². The molecular formula is C12H19N3O3S. The van der Waals surface area contributed by atoms with Crippen LogP contribution in [0.1, 0.15) is 32.5 Å². The van der Waals surface area contributed by atoms with Crippen molar-refractivity contribution in [1.82, 2.24) is 14.3 Å². The number of Topliss-reactive ketones (excluding diaryl/α,β-unsaturated/α-hetero) is 1. The Kier molecular flexibility index (Phi) is 4.05. The lowest BCUT2D eigenvalue weighted by Gasteiger charge is -2.29. The van der Waals surface area contributed by atoms with Crippen LogP contribution in [0.4, 0.5) is 0 Å². The van der Waals surface area contributed by atoms with E-state index >= 15 is 0 Å². The van der Waals surface area contributed by atoms with Gasteiger partial charge in [-0.05, 0) is 6.42 Å². The molecule has 0 aromatic carbocycles. The topological polar surface area (TPSA) is 83.1 Å². The molecule has 1 aliphatic rings. The Hall–Kier alpha value is -1.21. The molecule has 0 bridgehead atoms. The summed E-state index contributed by atoms with van der Waals surface area (Å²) >= 11 is 0. The first-order valence-electron chi connectivity index (χ1n) is 6.55. The van der Waals surface area contributed by atoms with Crippen LogP contribution < -0.4 is 0 Å². The normalized spacial score (nSPS) is 21.8. The summed E-state index contributed by atoms with van der Waals surface area (Å²) in [7, 11) is -3.55. The Morgan fingerprint density at radius 3 is 2.79 bits per heavy atom. The summed E-state index contributed by atoms with van der Waals surface area (Å²) in [5, 5.41) is 0.119. The molecule has 1 atom stereocenters. The molecule has 106 valence electrons. The predicted molar refractivity (Wildman–Crippen MR) is 70.1 cm³/mol. The van der Waals surface area contributed by atoms with Gasteiger partial charge in [-0.3, -0.25) is 4.79 Å². The van der Waals surface area contributed by atoms with Gasteiger partial charge in [-0.25, -0.2) is 13.4 Å². The lowest BCUT2D eigenvalue weighted by atomic mass is 9.96. The molecule has 1 fully saturated rings. The molecule has 0 spiro atoms. The van der Waals surface area contributed by atoms with Crippen LogP contribution in [0, 0.1) is 5.92 Å². The summed E-state index contributed by atoms with van der Waals surface area (Å²) in [6.45, 7) is 4.35. The molecule has 2 rings (SSSR count). The number of carbonyl (C=O) groups excluding carboxylic acids is 1. The van der Waals surface area contributed by atoms with Crippen LogP contribution in [0.25, 0.3) is 0 Å². The van der Waals surface area contributed by atoms with E-state index in [1.165, 1.54) is 10.5 Å². The highest BCUT2D eigenvalue weighted by Gasteiger charge is 2.34. The van der Waals surface area contributed by atoms with Crippen LogP contribution >= 0.6 is 0 Å². The molecule has 1 aliphatic heterocycles. The van der Waals surface area contributed by atoms with Gasteiger partial charge >= 0.3 is 0 Å². The largest absolute Gasteiger partial charge is 0.332 e. The lowest BCUT2D eigenvalue weighted by molar-refractivity contribution is -0.125. The number of nitrogens with one attached hydrogen (secondary N) is 1. The number of nitrogens with zero attached hydrogens (tertiary/aromatic N) is 2. The average molecular weight is 285 g/mol. The summed E-state index contributed by atoms with van der Waals surface area (Å²) in [5.74, 6) is 0.628. The van der Waals surface area contributed by atoms with Crippen molar-refractivity contribution in [3.05, 3.63) is 12.0 Å². The highest BCUT2D eigenvalue weighted by atomic mass is 32.2. The van der Waals surface area contributed by atoms with Crippen LogP contribution in [0.15, 0.2) is 11.2 Å². The fraction of sp³-hybridized carbons (Fsp3) is 0.667. The number of sulfonamides is 1. The number of aryl methyl sites for hydroxylation is 1. The van der Waals surface area contributed by atoms with E-state index in [2.05, 4.69) is 9.97 Å². The van der Waals surface area contributed by atoms with Crippen molar-refractivity contribution in [2.75, 3.05) is 13.1 Å². The fourth-order valence-corrected chi connectivity index (χ4v) is 3.66. The molecule has 2 heterocycles. The zero-order valence-corrected chi connectivity index (χ0v) is 12.0. The van der Waals surface area contributed by atoms with Crippen molar-refractivity contribution in [3.8, 4) is 0 Å². The average Bonchev–Trinajstić information content (AvgIpc) is 2.88. The molecule has 1 aromatic rings. The van der Waals surface area contributed by atoms with Crippen LogP contribution in [-0.4, -0.2) is 41.6 Å². The van der Waals surface area contributed by atoms with E-state index in [9.17, 15) is 13.2 Å². The third-order valence-corrected chi connectivity index (χ3v) is 5.31. The van der Waals surface area contributed by atoms with Crippen LogP contribution in [0.3, 0.4) is 0 Å². The van der Waals surface area contributed by atoms with Gasteiger partial charge in [-0.15, -0.1) is 0 Å². The first-order valence-corrected chi connectivity index (χ1v) is 7.99. The molecule has 1 N–H and O–H groups in total. The van der Waals surface area contributed by atoms with E-state index in [1.807, 2.05) is 13.8 Å². The second-order valence-electron chi connectivity index (χ2n) is 4.73. The molecule has 0 radical (unpaired) electrons. The Bertz CT molecular complexity index is 565. The summed E-state index contributed by atoms with van der Waals surface area (Å²) < 4.78 is 26.2. The number of hydrogen-bond acceptors (Lipinski definition) is 4. The zero-order chi connectivity index (χ0) is 14.0. The molecule has 0 amide bonds. The van der Waals surface area contributed by atoms with Crippen molar-refractivity contribution in [2.45, 2.75) is 38.1 Å². The van der Waals surface area contributed by atoms with Gasteiger partial charge in [0.2, 0.25) is 0 Å². The Labute approximate surface area is 113 Å². The molecule has 0 aliphatic carbocycles. The molecule has 7 heteroatoms. The van der Waals surface area contributed by atoms with Crippen molar-refractivity contribution in [2.24, 2.45) is 5.92 Å². The Morgan fingerprint density at radius 2 is 2.21 bits per heavy atom. The number of aromatic amines is 1. The Morgan fingerprint density at radius 1 is 1.47 bits per heavy atom. The third kappa shape index (κ3) is 2.71. The smallest absolute Gasteiger partial charge is 0.260 e. The number of ketones is 1. The molecular weight excluding hydrogens is 266 g/mol. The van der Waals surface area contributed by atoms with Crippen molar-refractivity contribution >= 4 is 15.8 Å². The minimum Gasteiger partial charge on any atom is -0.332 e. The quantitative estimate of drug-likeness (QED) is 0.893. The van der Waals surface area contributed by atoms with E-state index < -0.39 is 10.0 Å². The lowest BCUT2D eigenvalue weighted by Crippen LogP contribution is -2.43. The van der Waals surface area contributed by atoms with Crippen molar-refractivity contribution < 1.29 is 13.2 Å². The number of imidazole rings is 1. The third-order valence-electron chi connectivity index (χ3n) is 3.54. The van der Waals surface area contributed by atoms with Crippen LogP contribution in [0.5, 0.6) is 0 Å².